The zero-order chi connectivity index (χ0) is 18.8. The molecule has 0 bridgehead atoms. The van der Waals surface area contributed by atoms with Gasteiger partial charge in [-0.05, 0) is 45.4 Å². The third-order valence-corrected chi connectivity index (χ3v) is 4.97. The lowest BCUT2D eigenvalue weighted by Gasteiger charge is -2.36. The Morgan fingerprint density at radius 2 is 2.23 bits per heavy atom. The van der Waals surface area contributed by atoms with Crippen LogP contribution in [0.2, 0.25) is 0 Å². The summed E-state index contributed by atoms with van der Waals surface area (Å²) in [7, 11) is 0. The van der Waals surface area contributed by atoms with E-state index in [2.05, 4.69) is 4.98 Å². The number of carbonyl (C=O) groups excluding carboxylic acids is 2. The summed E-state index contributed by atoms with van der Waals surface area (Å²) < 4.78 is 11.0. The highest BCUT2D eigenvalue weighted by atomic mass is 32.1. The number of hydrogen-bond donors (Lipinski definition) is 0. The van der Waals surface area contributed by atoms with Crippen LogP contribution in [-0.4, -0.2) is 35.6 Å². The largest absolute Gasteiger partial charge is 0.479 e. The number of nitrogens with zero attached hydrogens (tertiary/aromatic N) is 2. The van der Waals surface area contributed by atoms with Crippen molar-refractivity contribution < 1.29 is 19.1 Å². The fourth-order valence-electron chi connectivity index (χ4n) is 2.84. The fraction of sp³-hybridized carbons (Fsp3) is 0.421. The lowest BCUT2D eigenvalue weighted by Crippen LogP contribution is -2.52. The smallest absolute Gasteiger partial charge is 0.328 e. The highest BCUT2D eigenvalue weighted by molar-refractivity contribution is 7.09. The molecule has 1 amide bonds. The van der Waals surface area contributed by atoms with Crippen molar-refractivity contribution in [3.8, 4) is 17.0 Å². The van der Waals surface area contributed by atoms with Crippen molar-refractivity contribution >= 4 is 28.9 Å². The first kappa shape index (κ1) is 18.4. The van der Waals surface area contributed by atoms with Gasteiger partial charge in [0.1, 0.15) is 11.8 Å². The number of amides is 1. The quantitative estimate of drug-likeness (QED) is 0.749. The monoisotopic (exact) mass is 374 g/mol. The minimum absolute atomic E-state index is 0.259. The maximum Gasteiger partial charge on any atom is 0.328 e. The zero-order valence-corrected chi connectivity index (χ0v) is 16.1. The van der Waals surface area contributed by atoms with E-state index in [9.17, 15) is 9.59 Å². The van der Waals surface area contributed by atoms with Gasteiger partial charge in [-0.15, -0.1) is 11.3 Å². The second-order valence-corrected chi connectivity index (χ2v) is 7.31. The summed E-state index contributed by atoms with van der Waals surface area (Å²) in [4.78, 5) is 31.1. The van der Waals surface area contributed by atoms with Crippen LogP contribution in [0.5, 0.6) is 5.75 Å². The van der Waals surface area contributed by atoms with E-state index in [0.29, 0.717) is 18.0 Å². The van der Waals surface area contributed by atoms with E-state index in [1.165, 1.54) is 4.90 Å². The molecule has 2 aromatic rings. The number of fused-ring (bicyclic) bond motifs is 1. The topological polar surface area (TPSA) is 68.7 Å². The van der Waals surface area contributed by atoms with E-state index < -0.39 is 18.1 Å². The molecule has 6 nitrogen and oxygen atoms in total. The summed E-state index contributed by atoms with van der Waals surface area (Å²) in [6.07, 6.45) is 0.0758. The lowest BCUT2D eigenvalue weighted by atomic mass is 10.1. The number of anilines is 1. The van der Waals surface area contributed by atoms with E-state index in [1.54, 1.807) is 25.2 Å². The Hall–Kier alpha value is -2.41. The number of hydrogen-bond acceptors (Lipinski definition) is 6. The molecule has 1 aliphatic rings. The van der Waals surface area contributed by atoms with Gasteiger partial charge in [0, 0.05) is 10.9 Å². The number of carbonyl (C=O) groups is 2. The molecule has 0 saturated carbocycles. The Labute approximate surface area is 156 Å². The van der Waals surface area contributed by atoms with Gasteiger partial charge in [-0.1, -0.05) is 6.92 Å². The summed E-state index contributed by atoms with van der Waals surface area (Å²) in [6.45, 7) is 7.57. The minimum atomic E-state index is -0.730. The van der Waals surface area contributed by atoms with Gasteiger partial charge in [-0.3, -0.25) is 9.69 Å². The molecular formula is C19H22N2O4S. The number of ether oxygens (including phenoxy) is 2. The number of esters is 1. The van der Waals surface area contributed by atoms with Gasteiger partial charge in [0.2, 0.25) is 0 Å². The summed E-state index contributed by atoms with van der Waals surface area (Å²) in [5.74, 6) is -0.108. The highest BCUT2D eigenvalue weighted by Gasteiger charge is 2.38. The van der Waals surface area contributed by atoms with Crippen LogP contribution in [0, 0.1) is 6.92 Å². The Bertz CT molecular complexity index is 833. The minimum Gasteiger partial charge on any atom is -0.479 e. The molecule has 2 unspecified atom stereocenters. The van der Waals surface area contributed by atoms with E-state index in [4.69, 9.17) is 9.47 Å². The van der Waals surface area contributed by atoms with E-state index in [1.807, 2.05) is 37.4 Å². The van der Waals surface area contributed by atoms with Crippen molar-refractivity contribution in [2.75, 3.05) is 11.5 Å². The Morgan fingerprint density at radius 3 is 2.88 bits per heavy atom. The molecule has 138 valence electrons. The van der Waals surface area contributed by atoms with Crippen molar-refractivity contribution in [3.05, 3.63) is 28.6 Å². The lowest BCUT2D eigenvalue weighted by molar-refractivity contribution is -0.146. The van der Waals surface area contributed by atoms with Crippen molar-refractivity contribution in [2.24, 2.45) is 0 Å². The van der Waals surface area contributed by atoms with Crippen LogP contribution in [0.1, 0.15) is 32.2 Å². The first-order chi connectivity index (χ1) is 12.4. The predicted octanol–water partition coefficient (Wildman–Crippen LogP) is 3.57. The molecule has 0 N–H and O–H groups in total. The maximum atomic E-state index is 12.7. The van der Waals surface area contributed by atoms with Gasteiger partial charge in [-0.2, -0.15) is 0 Å². The van der Waals surface area contributed by atoms with Crippen molar-refractivity contribution in [3.63, 3.8) is 0 Å². The van der Waals surface area contributed by atoms with Crippen LogP contribution < -0.4 is 9.64 Å². The maximum absolute atomic E-state index is 12.7. The second-order valence-electron chi connectivity index (χ2n) is 6.25. The highest BCUT2D eigenvalue weighted by Crippen LogP contribution is 2.38. The molecule has 26 heavy (non-hydrogen) atoms. The zero-order valence-electron chi connectivity index (χ0n) is 15.3. The SMILES string of the molecule is CCCOC(=O)C(C)N1C(=O)C(C)Oc2ccc(-c3csc(C)n3)cc21. The van der Waals surface area contributed by atoms with E-state index in [-0.39, 0.29) is 5.91 Å². The van der Waals surface area contributed by atoms with E-state index >= 15 is 0 Å². The molecule has 0 spiro atoms. The van der Waals surface area contributed by atoms with Crippen LogP contribution in [0.15, 0.2) is 23.6 Å². The standard InChI is InChI=1S/C19H22N2O4S/c1-5-8-24-19(23)11(2)21-16-9-14(15-10-26-13(4)20-15)6-7-17(16)25-12(3)18(21)22/h6-7,9-12H,5,8H2,1-4H3. The average Bonchev–Trinajstić information content (AvgIpc) is 3.06. The van der Waals surface area contributed by atoms with Crippen molar-refractivity contribution in [1.29, 1.82) is 0 Å². The molecule has 0 radical (unpaired) electrons. The van der Waals surface area contributed by atoms with Crippen LogP contribution in [0.4, 0.5) is 5.69 Å². The normalized spacial score (nSPS) is 17.5. The van der Waals surface area contributed by atoms with Gasteiger partial charge >= 0.3 is 5.97 Å². The first-order valence-corrected chi connectivity index (χ1v) is 9.53. The molecule has 0 fully saturated rings. The Morgan fingerprint density at radius 1 is 1.46 bits per heavy atom. The summed E-state index contributed by atoms with van der Waals surface area (Å²) in [5.41, 5.74) is 2.28. The molecule has 1 aromatic carbocycles. The third kappa shape index (κ3) is 3.44. The summed E-state index contributed by atoms with van der Waals surface area (Å²) >= 11 is 1.56. The van der Waals surface area contributed by atoms with E-state index in [0.717, 1.165) is 22.7 Å². The number of benzene rings is 1. The molecule has 0 saturated heterocycles. The number of rotatable bonds is 5. The number of aromatic nitrogens is 1. The molecule has 7 heteroatoms. The molecule has 2 heterocycles. The molecule has 0 aliphatic carbocycles. The Balaban J connectivity index is 2.00. The van der Waals surface area contributed by atoms with Crippen molar-refractivity contribution in [1.82, 2.24) is 4.98 Å². The summed E-state index contributed by atoms with van der Waals surface area (Å²) in [5, 5.41) is 2.93. The number of aryl methyl sites for hydroxylation is 1. The van der Waals surface area contributed by atoms with Gasteiger partial charge in [0.25, 0.3) is 5.91 Å². The predicted molar refractivity (Wildman–Crippen MR) is 101 cm³/mol. The Kier molecular flexibility index (Phi) is 5.27. The number of thiazole rings is 1. The van der Waals surface area contributed by atoms with Gasteiger partial charge < -0.3 is 9.47 Å². The van der Waals surface area contributed by atoms with Crippen LogP contribution in [-0.2, 0) is 14.3 Å². The van der Waals surface area contributed by atoms with Gasteiger partial charge in [0.05, 0.1) is 23.0 Å². The molecular weight excluding hydrogens is 352 g/mol. The van der Waals surface area contributed by atoms with Gasteiger partial charge in [0.15, 0.2) is 6.10 Å². The second kappa shape index (κ2) is 7.45. The molecule has 2 atom stereocenters. The fourth-order valence-corrected chi connectivity index (χ4v) is 3.47. The average molecular weight is 374 g/mol. The van der Waals surface area contributed by atoms with Crippen LogP contribution >= 0.6 is 11.3 Å². The van der Waals surface area contributed by atoms with Crippen LogP contribution in [0.25, 0.3) is 11.3 Å². The van der Waals surface area contributed by atoms with Gasteiger partial charge in [-0.25, -0.2) is 9.78 Å². The summed E-state index contributed by atoms with van der Waals surface area (Å²) in [6, 6.07) is 4.84. The third-order valence-electron chi connectivity index (χ3n) is 4.20. The van der Waals surface area contributed by atoms with Crippen molar-refractivity contribution in [2.45, 2.75) is 46.3 Å². The van der Waals surface area contributed by atoms with Crippen LogP contribution in [0.3, 0.4) is 0 Å². The molecule has 3 rings (SSSR count). The molecule has 1 aromatic heterocycles. The first-order valence-electron chi connectivity index (χ1n) is 8.65. The molecule has 1 aliphatic heterocycles.